The van der Waals surface area contributed by atoms with Gasteiger partial charge in [0.25, 0.3) is 0 Å². The van der Waals surface area contributed by atoms with Crippen LogP contribution in [-0.2, 0) is 9.57 Å². The van der Waals surface area contributed by atoms with Gasteiger partial charge in [-0.3, -0.25) is 4.58 Å². The van der Waals surface area contributed by atoms with Crippen LogP contribution in [0.25, 0.3) is 0 Å². The molecule has 0 radical (unpaired) electrons. The summed E-state index contributed by atoms with van der Waals surface area (Å²) in [7, 11) is 0.542. The fraction of sp³-hybridized carbons (Fsp3) is 0. The van der Waals surface area contributed by atoms with Crippen LogP contribution in [0, 0.1) is 0 Å². The highest BCUT2D eigenvalue weighted by Gasteiger charge is 1.47. The second kappa shape index (κ2) is 3.10. The van der Waals surface area contributed by atoms with Gasteiger partial charge in [-0.05, 0) is 0 Å². The van der Waals surface area contributed by atoms with Crippen molar-refractivity contribution < 1.29 is 9.57 Å². The van der Waals surface area contributed by atoms with Gasteiger partial charge in [-0.2, -0.15) is 10.9 Å². The van der Waals surface area contributed by atoms with Crippen molar-refractivity contribution >= 4 is 10.5 Å². The molecule has 0 aromatic rings. The lowest BCUT2D eigenvalue weighted by atomic mass is 13.5. The van der Waals surface area contributed by atoms with E-state index in [9.17, 15) is 0 Å². The summed E-state index contributed by atoms with van der Waals surface area (Å²) in [6.07, 6.45) is 0. The SMILES string of the molecule is NOO[SiH3]. The van der Waals surface area contributed by atoms with E-state index in [2.05, 4.69) is 15.5 Å². The van der Waals surface area contributed by atoms with Crippen molar-refractivity contribution in [2.24, 2.45) is 5.90 Å². The summed E-state index contributed by atoms with van der Waals surface area (Å²) in [6.45, 7) is 0. The maximum Gasteiger partial charge on any atom is 0.195 e. The van der Waals surface area contributed by atoms with Crippen molar-refractivity contribution in [1.29, 1.82) is 0 Å². The maximum absolute atomic E-state index is 4.34. The molecule has 0 bridgehead atoms. The van der Waals surface area contributed by atoms with E-state index in [0.29, 0.717) is 10.5 Å². The molecule has 0 aliphatic carbocycles. The first-order valence-corrected chi connectivity index (χ1v) is 1.63. The molecule has 0 aliphatic heterocycles. The van der Waals surface area contributed by atoms with E-state index < -0.39 is 0 Å². The van der Waals surface area contributed by atoms with Crippen LogP contribution < -0.4 is 5.90 Å². The predicted octanol–water partition coefficient (Wildman–Crippen LogP) is -1.91. The van der Waals surface area contributed by atoms with E-state index in [1.807, 2.05) is 0 Å². The molecular formula is H5NO2Si. The van der Waals surface area contributed by atoms with Crippen LogP contribution in [0.15, 0.2) is 0 Å². The number of hydrogen-bond donors (Lipinski definition) is 1. The third kappa shape index (κ3) is 2.10. The largest absolute Gasteiger partial charge is 0.281 e. The lowest BCUT2D eigenvalue weighted by Crippen LogP contribution is -1.95. The minimum atomic E-state index is 0.542. The van der Waals surface area contributed by atoms with Crippen LogP contribution in [-0.4, -0.2) is 10.5 Å². The van der Waals surface area contributed by atoms with Crippen LogP contribution in [0.2, 0.25) is 0 Å². The lowest BCUT2D eigenvalue weighted by Gasteiger charge is -1.78. The molecule has 0 heterocycles. The fourth-order valence-electron chi connectivity index (χ4n) is 0. The summed E-state index contributed by atoms with van der Waals surface area (Å²) in [5.74, 6) is 4.34. The number of rotatable bonds is 1. The van der Waals surface area contributed by atoms with Crippen LogP contribution in [0.3, 0.4) is 0 Å². The molecule has 0 saturated heterocycles. The summed E-state index contributed by atoms with van der Waals surface area (Å²) in [4.78, 5) is 3.60. The Morgan fingerprint density at radius 3 is 2.00 bits per heavy atom. The zero-order valence-electron chi connectivity index (χ0n) is 2.39. The number of hydrogen-bond acceptors (Lipinski definition) is 3. The Bertz CT molecular complexity index is 8.00. The third-order valence-electron chi connectivity index (χ3n) is 0.0962. The minimum Gasteiger partial charge on any atom is -0.281 e. The first-order chi connectivity index (χ1) is 1.91. The Kier molecular flexibility index (Phi) is 3.17. The highest BCUT2D eigenvalue weighted by Crippen LogP contribution is 1.42. The second-order valence-corrected chi connectivity index (χ2v) is 0.596. The van der Waals surface area contributed by atoms with Gasteiger partial charge in [-0.15, -0.1) is 0 Å². The molecular weight excluding hydrogens is 74.1 g/mol. The summed E-state index contributed by atoms with van der Waals surface area (Å²) >= 11 is 0. The van der Waals surface area contributed by atoms with Crippen molar-refractivity contribution in [2.45, 2.75) is 0 Å². The monoisotopic (exact) mass is 79.0 g/mol. The molecule has 4 heteroatoms. The molecule has 0 fully saturated rings. The van der Waals surface area contributed by atoms with Crippen LogP contribution in [0.4, 0.5) is 0 Å². The zero-order valence-corrected chi connectivity index (χ0v) is 4.39. The minimum absolute atomic E-state index is 0.542. The van der Waals surface area contributed by atoms with Gasteiger partial charge in [0.05, 0.1) is 0 Å². The van der Waals surface area contributed by atoms with E-state index in [-0.39, 0.29) is 0 Å². The molecule has 0 aliphatic rings. The normalized spacial score (nSPS) is 8.25. The maximum atomic E-state index is 4.34. The molecule has 2 N–H and O–H groups in total. The van der Waals surface area contributed by atoms with Crippen molar-refractivity contribution in [1.82, 2.24) is 0 Å². The van der Waals surface area contributed by atoms with Gasteiger partial charge in [-0.25, -0.2) is 0 Å². The molecule has 4 heavy (non-hydrogen) atoms. The van der Waals surface area contributed by atoms with Crippen LogP contribution in [0.1, 0.15) is 0 Å². The van der Waals surface area contributed by atoms with Gasteiger partial charge in [0.1, 0.15) is 0 Å². The molecule has 0 atom stereocenters. The summed E-state index contributed by atoms with van der Waals surface area (Å²) in [6, 6.07) is 0. The van der Waals surface area contributed by atoms with Gasteiger partial charge in [0, 0.05) is 0 Å². The van der Waals surface area contributed by atoms with Crippen molar-refractivity contribution in [3.05, 3.63) is 0 Å². The molecule has 26 valence electrons. The Morgan fingerprint density at radius 1 is 1.75 bits per heavy atom. The Labute approximate surface area is 27.1 Å². The number of nitrogens with two attached hydrogens (primary N) is 1. The average Bonchev–Trinajstić information content (AvgIpc) is 1.37. The van der Waals surface area contributed by atoms with Crippen molar-refractivity contribution in [2.75, 3.05) is 0 Å². The van der Waals surface area contributed by atoms with Crippen LogP contribution in [0.5, 0.6) is 0 Å². The summed E-state index contributed by atoms with van der Waals surface area (Å²) in [5.41, 5.74) is 0. The summed E-state index contributed by atoms with van der Waals surface area (Å²) in [5, 5.41) is 0. The topological polar surface area (TPSA) is 44.5 Å². The molecule has 0 unspecified atom stereocenters. The molecule has 0 amide bonds. The van der Waals surface area contributed by atoms with E-state index in [1.54, 1.807) is 0 Å². The second-order valence-electron chi connectivity index (χ2n) is 0.263. The quantitative estimate of drug-likeness (QED) is 0.226. The van der Waals surface area contributed by atoms with E-state index in [4.69, 9.17) is 0 Å². The Balaban J connectivity index is 1.97. The van der Waals surface area contributed by atoms with Gasteiger partial charge in [0.2, 0.25) is 0 Å². The standard InChI is InChI=1S/H5NO2Si/c1-2-3-4/h1H2,4H3. The van der Waals surface area contributed by atoms with E-state index in [0.717, 1.165) is 0 Å². The van der Waals surface area contributed by atoms with E-state index in [1.165, 1.54) is 0 Å². The smallest absolute Gasteiger partial charge is 0.195 e. The van der Waals surface area contributed by atoms with Gasteiger partial charge < -0.3 is 0 Å². The van der Waals surface area contributed by atoms with Gasteiger partial charge in [-0.1, -0.05) is 0 Å². The highest BCUT2D eigenvalue weighted by molar-refractivity contribution is 5.97. The zero-order chi connectivity index (χ0) is 3.41. The fourth-order valence-corrected chi connectivity index (χ4v) is 0. The molecule has 0 saturated carbocycles. The molecule has 0 spiro atoms. The van der Waals surface area contributed by atoms with E-state index >= 15 is 0 Å². The first kappa shape index (κ1) is 4.10. The van der Waals surface area contributed by atoms with Gasteiger partial charge in [0.15, 0.2) is 10.5 Å². The van der Waals surface area contributed by atoms with Crippen molar-refractivity contribution in [3.63, 3.8) is 0 Å². The predicted molar refractivity (Wildman–Crippen MR) is 16.3 cm³/mol. The molecule has 3 nitrogen and oxygen atoms in total. The third-order valence-corrected chi connectivity index (χ3v) is 0.289. The van der Waals surface area contributed by atoms with Crippen molar-refractivity contribution in [3.8, 4) is 0 Å². The molecule has 0 rings (SSSR count). The van der Waals surface area contributed by atoms with Gasteiger partial charge >= 0.3 is 0 Å². The lowest BCUT2D eigenvalue weighted by molar-refractivity contribution is -0.208. The average molecular weight is 79.1 g/mol. The first-order valence-electron chi connectivity index (χ1n) is 0.811. The molecule has 0 aromatic carbocycles. The Morgan fingerprint density at radius 2 is 2.00 bits per heavy atom. The highest BCUT2D eigenvalue weighted by atomic mass is 28.2. The Hall–Kier alpha value is 0.0969. The van der Waals surface area contributed by atoms with Crippen LogP contribution >= 0.6 is 0 Å². The molecule has 0 aromatic heterocycles. The summed E-state index contributed by atoms with van der Waals surface area (Å²) < 4.78 is 3.96.